The summed E-state index contributed by atoms with van der Waals surface area (Å²) in [7, 11) is 0. The number of rotatable bonds is 9. The first-order valence-corrected chi connectivity index (χ1v) is 17.7. The van der Waals surface area contributed by atoms with Crippen molar-refractivity contribution >= 4 is 35.2 Å². The molecule has 12 heteroatoms. The van der Waals surface area contributed by atoms with Gasteiger partial charge in [-0.3, -0.25) is 19.2 Å². The number of carbonyl (C=O) groups is 4. The van der Waals surface area contributed by atoms with Gasteiger partial charge in [0.15, 0.2) is 11.5 Å². The molecule has 52 heavy (non-hydrogen) atoms. The maximum atomic E-state index is 14.0. The molecule has 0 radical (unpaired) electrons. The van der Waals surface area contributed by atoms with Crippen molar-refractivity contribution in [2.24, 2.45) is 0 Å². The molecule has 4 aromatic rings. The number of fused-ring (bicyclic) bond motifs is 2. The summed E-state index contributed by atoms with van der Waals surface area (Å²) >= 11 is 6.00. The fraction of sp³-hybridized carbons (Fsp3) is 0.300. The quantitative estimate of drug-likeness (QED) is 0.213. The molecule has 1 fully saturated rings. The summed E-state index contributed by atoms with van der Waals surface area (Å²) in [6.45, 7) is 2.51. The van der Waals surface area contributed by atoms with Crippen LogP contribution in [0.5, 0.6) is 23.0 Å². The first kappa shape index (κ1) is 36.2. The number of amides is 4. The Labute approximate surface area is 307 Å². The van der Waals surface area contributed by atoms with Crippen molar-refractivity contribution in [3.05, 3.63) is 119 Å². The SMILES string of the molecule is C[C@H](COc1ccccc1Oc1ccc(Cl)cc1)NC(=O)[C@@H]1CC(=O)N[C@@H](Cc2ccccc2)C(=O)N2CCC[C@@H]2COc2ccccc2C(=O)N1. The van der Waals surface area contributed by atoms with Crippen LogP contribution in [0.3, 0.4) is 0 Å². The third-order valence-corrected chi connectivity index (χ3v) is 9.17. The highest BCUT2D eigenvalue weighted by Crippen LogP contribution is 2.32. The van der Waals surface area contributed by atoms with Crippen molar-refractivity contribution in [2.75, 3.05) is 19.8 Å². The fourth-order valence-corrected chi connectivity index (χ4v) is 6.41. The number of halogens is 1. The average Bonchev–Trinajstić information content (AvgIpc) is 3.62. The second-order valence-corrected chi connectivity index (χ2v) is 13.3. The molecule has 2 aliphatic rings. The Kier molecular flexibility index (Phi) is 11.9. The number of para-hydroxylation sites is 3. The van der Waals surface area contributed by atoms with E-state index in [9.17, 15) is 19.2 Å². The predicted octanol–water partition coefficient (Wildman–Crippen LogP) is 5.32. The van der Waals surface area contributed by atoms with E-state index in [1.54, 1.807) is 78.6 Å². The molecule has 1 saturated heterocycles. The number of nitrogens with one attached hydrogen (secondary N) is 3. The van der Waals surface area contributed by atoms with Crippen LogP contribution in [0, 0.1) is 0 Å². The van der Waals surface area contributed by atoms with Crippen LogP contribution < -0.4 is 30.2 Å². The summed E-state index contributed by atoms with van der Waals surface area (Å²) in [5.41, 5.74) is 1.09. The minimum atomic E-state index is -1.28. The van der Waals surface area contributed by atoms with Gasteiger partial charge in [0.25, 0.3) is 5.91 Å². The van der Waals surface area contributed by atoms with Crippen LogP contribution in [0.4, 0.5) is 0 Å². The van der Waals surface area contributed by atoms with Gasteiger partial charge in [0.05, 0.1) is 24.1 Å². The molecule has 0 saturated carbocycles. The van der Waals surface area contributed by atoms with Crippen molar-refractivity contribution in [1.29, 1.82) is 0 Å². The van der Waals surface area contributed by atoms with E-state index in [-0.39, 0.29) is 37.1 Å². The normalized spacial score (nSPS) is 19.8. The lowest BCUT2D eigenvalue weighted by Gasteiger charge is -2.30. The van der Waals surface area contributed by atoms with Crippen LogP contribution >= 0.6 is 11.6 Å². The molecule has 4 amide bonds. The van der Waals surface area contributed by atoms with Crippen LogP contribution in [0.2, 0.25) is 5.02 Å². The van der Waals surface area contributed by atoms with Gasteiger partial charge in [0.2, 0.25) is 17.7 Å². The molecule has 11 nitrogen and oxygen atoms in total. The van der Waals surface area contributed by atoms with E-state index in [4.69, 9.17) is 25.8 Å². The molecule has 4 aromatic carbocycles. The Morgan fingerprint density at radius 2 is 1.63 bits per heavy atom. The van der Waals surface area contributed by atoms with E-state index in [0.717, 1.165) is 18.4 Å². The first-order chi connectivity index (χ1) is 25.2. The molecule has 2 aliphatic heterocycles. The van der Waals surface area contributed by atoms with Gasteiger partial charge in [0, 0.05) is 18.0 Å². The number of nitrogens with zero attached hydrogens (tertiary/aromatic N) is 1. The van der Waals surface area contributed by atoms with Crippen LogP contribution in [0.25, 0.3) is 0 Å². The zero-order chi connectivity index (χ0) is 36.5. The highest BCUT2D eigenvalue weighted by Gasteiger charge is 2.36. The molecule has 2 heterocycles. The summed E-state index contributed by atoms with van der Waals surface area (Å²) in [6.07, 6.45) is 1.38. The Morgan fingerprint density at radius 1 is 0.923 bits per heavy atom. The number of hydrogen-bond donors (Lipinski definition) is 3. The molecular weight excluding hydrogens is 684 g/mol. The number of carbonyl (C=O) groups excluding carboxylic acids is 4. The second kappa shape index (κ2) is 17.1. The lowest BCUT2D eigenvalue weighted by molar-refractivity contribution is -0.138. The minimum Gasteiger partial charge on any atom is -0.491 e. The molecule has 0 bridgehead atoms. The highest BCUT2D eigenvalue weighted by atomic mass is 35.5. The third kappa shape index (κ3) is 9.41. The minimum absolute atomic E-state index is 0.0565. The molecule has 0 aliphatic carbocycles. The summed E-state index contributed by atoms with van der Waals surface area (Å²) in [6, 6.07) is 27.3. The predicted molar refractivity (Wildman–Crippen MR) is 196 cm³/mol. The molecule has 0 unspecified atom stereocenters. The lowest BCUT2D eigenvalue weighted by atomic mass is 10.0. The topological polar surface area (TPSA) is 135 Å². The summed E-state index contributed by atoms with van der Waals surface area (Å²) < 4.78 is 18.2. The molecule has 3 N–H and O–H groups in total. The van der Waals surface area contributed by atoms with Gasteiger partial charge >= 0.3 is 0 Å². The number of ether oxygens (including phenoxy) is 3. The van der Waals surface area contributed by atoms with Crippen molar-refractivity contribution in [1.82, 2.24) is 20.9 Å². The van der Waals surface area contributed by atoms with E-state index < -0.39 is 42.3 Å². The van der Waals surface area contributed by atoms with Crippen molar-refractivity contribution in [3.63, 3.8) is 0 Å². The van der Waals surface area contributed by atoms with Gasteiger partial charge in [-0.1, -0.05) is 66.2 Å². The smallest absolute Gasteiger partial charge is 0.255 e. The lowest BCUT2D eigenvalue weighted by Crippen LogP contribution is -2.55. The highest BCUT2D eigenvalue weighted by molar-refractivity contribution is 6.30. The van der Waals surface area contributed by atoms with Gasteiger partial charge in [-0.2, -0.15) is 0 Å². The maximum Gasteiger partial charge on any atom is 0.255 e. The zero-order valence-electron chi connectivity index (χ0n) is 28.8. The molecule has 4 atom stereocenters. The largest absolute Gasteiger partial charge is 0.491 e. The van der Waals surface area contributed by atoms with Crippen molar-refractivity contribution < 1.29 is 33.4 Å². The molecule has 6 rings (SSSR count). The van der Waals surface area contributed by atoms with Crippen LogP contribution in [0.15, 0.2) is 103 Å². The molecule has 0 aromatic heterocycles. The van der Waals surface area contributed by atoms with Crippen molar-refractivity contribution in [2.45, 2.75) is 56.8 Å². The van der Waals surface area contributed by atoms with E-state index in [1.165, 1.54) is 0 Å². The average molecular weight is 725 g/mol. The number of benzene rings is 4. The van der Waals surface area contributed by atoms with Crippen LogP contribution in [0.1, 0.15) is 42.1 Å². The molecule has 0 spiro atoms. The van der Waals surface area contributed by atoms with Gasteiger partial charge in [-0.15, -0.1) is 0 Å². The maximum absolute atomic E-state index is 14.0. The summed E-state index contributed by atoms with van der Waals surface area (Å²) in [5.74, 6) is -0.116. The van der Waals surface area contributed by atoms with Crippen LogP contribution in [-0.2, 0) is 20.8 Å². The van der Waals surface area contributed by atoms with Gasteiger partial charge in [0.1, 0.15) is 36.8 Å². The third-order valence-electron chi connectivity index (χ3n) is 8.92. The van der Waals surface area contributed by atoms with E-state index in [0.29, 0.717) is 34.6 Å². The van der Waals surface area contributed by atoms with E-state index >= 15 is 0 Å². The molecular formula is C40H41ClN4O7. The van der Waals surface area contributed by atoms with E-state index in [2.05, 4.69) is 16.0 Å². The fourth-order valence-electron chi connectivity index (χ4n) is 6.28. The first-order valence-electron chi connectivity index (χ1n) is 17.4. The number of hydrogen-bond acceptors (Lipinski definition) is 7. The van der Waals surface area contributed by atoms with Crippen molar-refractivity contribution in [3.8, 4) is 23.0 Å². The van der Waals surface area contributed by atoms with Crippen LogP contribution in [-0.4, -0.2) is 72.5 Å². The Morgan fingerprint density at radius 3 is 2.42 bits per heavy atom. The monoisotopic (exact) mass is 724 g/mol. The Bertz CT molecular complexity index is 1870. The Hall–Kier alpha value is -5.55. The Balaban J connectivity index is 1.19. The molecule has 270 valence electrons. The van der Waals surface area contributed by atoms with E-state index in [1.807, 2.05) is 36.4 Å². The summed E-state index contributed by atoms with van der Waals surface area (Å²) in [4.78, 5) is 56.9. The van der Waals surface area contributed by atoms with Gasteiger partial charge in [-0.25, -0.2) is 0 Å². The van der Waals surface area contributed by atoms with Gasteiger partial charge < -0.3 is 35.1 Å². The second-order valence-electron chi connectivity index (χ2n) is 12.9. The standard InChI is InChI=1S/C40H41ClN4O7/c1-26(24-50-35-15-7-8-16-36(35)52-30-19-17-28(41)18-20-30)42-39(48)32-23-37(46)43-33(22-27-10-3-2-4-11-27)40(49)45-21-9-12-29(45)25-51-34-14-6-5-13-31(34)38(47)44-32/h2-8,10-11,13-20,26,29,32-33H,9,12,21-25H2,1H3,(H,42,48)(H,43,46)(H,44,47)/t26-,29-,32+,33+/m1/s1. The van der Waals surface area contributed by atoms with Gasteiger partial charge in [-0.05, 0) is 73.9 Å². The summed E-state index contributed by atoms with van der Waals surface area (Å²) in [5, 5.41) is 9.07. The zero-order valence-corrected chi connectivity index (χ0v) is 29.5.